The zero-order valence-electron chi connectivity index (χ0n) is 12.1. The Balaban J connectivity index is 1.39. The average molecular weight is 328 g/mol. The first-order valence-electron chi connectivity index (χ1n) is 7.30. The van der Waals surface area contributed by atoms with E-state index in [1.807, 2.05) is 0 Å². The molecule has 0 aromatic rings. The lowest BCUT2D eigenvalue weighted by atomic mass is 10.1. The molecule has 2 amide bonds. The van der Waals surface area contributed by atoms with Crippen LogP contribution in [0.2, 0.25) is 0 Å². The van der Waals surface area contributed by atoms with Crippen molar-refractivity contribution >= 4 is 23.8 Å². The number of carbonyl (C=O) groups excluding carboxylic acids is 4. The molecule has 10 nitrogen and oxygen atoms in total. The number of likely N-dealkylation sites (tertiary alicyclic amines) is 1. The summed E-state index contributed by atoms with van der Waals surface area (Å²) in [4.78, 5) is 56.0. The molecule has 3 rings (SSSR count). The topological polar surface area (TPSA) is 141 Å². The molecule has 0 aromatic carbocycles. The summed E-state index contributed by atoms with van der Waals surface area (Å²) in [5.74, 6) is -3.10. The Morgan fingerprint density at radius 1 is 0.826 bits per heavy atom. The molecule has 0 aromatic heterocycles. The summed E-state index contributed by atoms with van der Waals surface area (Å²) in [5.41, 5.74) is 4.92. The summed E-state index contributed by atoms with van der Waals surface area (Å²) in [6, 6.07) is 0. The van der Waals surface area contributed by atoms with E-state index in [0.717, 1.165) is 19.3 Å². The molecule has 0 saturated carbocycles. The first-order chi connectivity index (χ1) is 11.0. The fourth-order valence-corrected chi connectivity index (χ4v) is 2.46. The van der Waals surface area contributed by atoms with Gasteiger partial charge in [0.25, 0.3) is 5.91 Å². The summed E-state index contributed by atoms with van der Waals surface area (Å²) in [6.45, 7) is 1.28. The van der Waals surface area contributed by atoms with Crippen molar-refractivity contribution in [1.82, 2.24) is 4.90 Å². The summed E-state index contributed by atoms with van der Waals surface area (Å²) >= 11 is 0. The summed E-state index contributed by atoms with van der Waals surface area (Å²) in [7, 11) is 0. The molecule has 3 fully saturated rings. The molecular weight excluding hydrogens is 312 g/mol. The highest BCUT2D eigenvalue weighted by molar-refractivity contribution is 5.94. The van der Waals surface area contributed by atoms with Crippen LogP contribution < -0.4 is 5.73 Å². The van der Waals surface area contributed by atoms with E-state index < -0.39 is 42.3 Å². The Kier molecular flexibility index (Phi) is 4.18. The van der Waals surface area contributed by atoms with Crippen LogP contribution in [-0.4, -0.2) is 66.2 Å². The summed E-state index contributed by atoms with van der Waals surface area (Å²) in [5, 5.41) is 0. The Hall–Kier alpha value is -2.20. The Morgan fingerprint density at radius 2 is 1.35 bits per heavy atom. The molecule has 126 valence electrons. The fraction of sp³-hybridized carbons (Fsp3) is 0.692. The third-order valence-corrected chi connectivity index (χ3v) is 3.85. The molecule has 0 aliphatic carbocycles. The average Bonchev–Trinajstić information content (AvgIpc) is 3.44. The van der Waals surface area contributed by atoms with E-state index >= 15 is 0 Å². The van der Waals surface area contributed by atoms with Gasteiger partial charge in [-0.1, -0.05) is 0 Å². The first-order valence-corrected chi connectivity index (χ1v) is 7.30. The largest absolute Gasteiger partial charge is 0.387 e. The second-order valence-corrected chi connectivity index (χ2v) is 5.55. The first kappa shape index (κ1) is 15.7. The number of epoxide rings is 2. The van der Waals surface area contributed by atoms with Crippen molar-refractivity contribution in [3.63, 3.8) is 0 Å². The van der Waals surface area contributed by atoms with Gasteiger partial charge in [-0.3, -0.25) is 9.59 Å². The zero-order chi connectivity index (χ0) is 16.6. The van der Waals surface area contributed by atoms with Crippen molar-refractivity contribution in [2.24, 2.45) is 5.73 Å². The van der Waals surface area contributed by atoms with Gasteiger partial charge in [-0.2, -0.15) is 0 Å². The van der Waals surface area contributed by atoms with Gasteiger partial charge in [0.15, 0.2) is 24.4 Å². The third kappa shape index (κ3) is 3.42. The van der Waals surface area contributed by atoms with Crippen molar-refractivity contribution < 1.29 is 38.4 Å². The van der Waals surface area contributed by atoms with Gasteiger partial charge in [0.2, 0.25) is 5.91 Å². The molecule has 3 heterocycles. The molecule has 23 heavy (non-hydrogen) atoms. The van der Waals surface area contributed by atoms with Crippen LogP contribution in [-0.2, 0) is 38.4 Å². The van der Waals surface area contributed by atoms with Crippen molar-refractivity contribution in [1.29, 1.82) is 0 Å². The minimum atomic E-state index is -1.16. The summed E-state index contributed by atoms with van der Waals surface area (Å²) < 4.78 is 9.65. The number of nitrogens with zero attached hydrogens (tertiary/aromatic N) is 1. The minimum Gasteiger partial charge on any atom is -0.367 e. The van der Waals surface area contributed by atoms with Crippen LogP contribution in [0, 0.1) is 0 Å². The van der Waals surface area contributed by atoms with Crippen LogP contribution in [0.5, 0.6) is 0 Å². The Bertz CT molecular complexity index is 544. The highest BCUT2D eigenvalue weighted by Gasteiger charge is 2.55. The van der Waals surface area contributed by atoms with Gasteiger partial charge in [-0.25, -0.2) is 19.4 Å². The van der Waals surface area contributed by atoms with Crippen LogP contribution in [0.15, 0.2) is 0 Å². The van der Waals surface area contributed by atoms with Crippen LogP contribution >= 0.6 is 0 Å². The van der Waals surface area contributed by atoms with Crippen LogP contribution in [0.25, 0.3) is 0 Å². The molecule has 3 aliphatic heterocycles. The third-order valence-electron chi connectivity index (χ3n) is 3.85. The number of carbonyl (C=O) groups is 4. The van der Waals surface area contributed by atoms with Gasteiger partial charge in [-0.05, 0) is 19.3 Å². The molecule has 0 bridgehead atoms. The molecule has 4 unspecified atom stereocenters. The number of nitrogens with two attached hydrogens (primary N) is 1. The van der Waals surface area contributed by atoms with E-state index in [1.54, 1.807) is 4.90 Å². The van der Waals surface area contributed by atoms with Crippen molar-refractivity contribution in [3.05, 3.63) is 0 Å². The number of piperidine rings is 1. The predicted octanol–water partition coefficient (Wildman–Crippen LogP) is -1.98. The summed E-state index contributed by atoms with van der Waals surface area (Å²) in [6.07, 6.45) is -1.27. The van der Waals surface area contributed by atoms with E-state index in [1.165, 1.54) is 0 Å². The van der Waals surface area contributed by atoms with Gasteiger partial charge in [-0.15, -0.1) is 0 Å². The van der Waals surface area contributed by atoms with E-state index in [-0.39, 0.29) is 5.91 Å². The lowest BCUT2D eigenvalue weighted by Crippen LogP contribution is -2.39. The molecule has 0 spiro atoms. The van der Waals surface area contributed by atoms with Gasteiger partial charge in [0, 0.05) is 13.1 Å². The van der Waals surface area contributed by atoms with Gasteiger partial charge >= 0.3 is 11.9 Å². The molecule has 4 atom stereocenters. The van der Waals surface area contributed by atoms with E-state index in [9.17, 15) is 19.2 Å². The lowest BCUT2D eigenvalue weighted by molar-refractivity contribution is -0.260. The van der Waals surface area contributed by atoms with Crippen molar-refractivity contribution in [2.75, 3.05) is 13.1 Å². The monoisotopic (exact) mass is 328 g/mol. The second-order valence-electron chi connectivity index (χ2n) is 5.55. The molecule has 3 aliphatic rings. The minimum absolute atomic E-state index is 0.266. The standard InChI is InChI=1S/C13H16N2O8/c14-10(16)6-8(20-6)12(18)22-23-13(19)9-7(21-9)11(17)15-4-2-1-3-5-15/h6-9H,1-5H2,(H2,14,16). The predicted molar refractivity (Wildman–Crippen MR) is 69.1 cm³/mol. The van der Waals surface area contributed by atoms with Crippen LogP contribution in [0.4, 0.5) is 0 Å². The molecule has 2 N–H and O–H groups in total. The van der Waals surface area contributed by atoms with Gasteiger partial charge < -0.3 is 20.1 Å². The van der Waals surface area contributed by atoms with E-state index in [4.69, 9.17) is 10.5 Å². The Labute approximate surface area is 130 Å². The van der Waals surface area contributed by atoms with Crippen LogP contribution in [0.3, 0.4) is 0 Å². The molecule has 0 radical (unpaired) electrons. The number of hydrogen-bond donors (Lipinski definition) is 1. The normalized spacial score (nSPS) is 31.9. The van der Waals surface area contributed by atoms with Crippen molar-refractivity contribution in [3.8, 4) is 0 Å². The quantitative estimate of drug-likeness (QED) is 0.355. The Morgan fingerprint density at radius 3 is 1.87 bits per heavy atom. The lowest BCUT2D eigenvalue weighted by Gasteiger charge is -2.25. The van der Waals surface area contributed by atoms with Crippen LogP contribution in [0.1, 0.15) is 19.3 Å². The highest BCUT2D eigenvalue weighted by atomic mass is 17.2. The maximum Gasteiger partial charge on any atom is 0.387 e. The molecule has 10 heteroatoms. The smallest absolute Gasteiger partial charge is 0.367 e. The maximum atomic E-state index is 12.1. The zero-order valence-corrected chi connectivity index (χ0v) is 12.1. The van der Waals surface area contributed by atoms with Gasteiger partial charge in [0.05, 0.1) is 0 Å². The number of primary amides is 1. The number of hydrogen-bond acceptors (Lipinski definition) is 8. The van der Waals surface area contributed by atoms with Crippen molar-refractivity contribution in [2.45, 2.75) is 43.7 Å². The number of rotatable bonds is 4. The maximum absolute atomic E-state index is 12.1. The SMILES string of the molecule is NC(=O)C1OC1C(=O)OOC(=O)C1OC1C(=O)N1CCCCC1. The fourth-order valence-electron chi connectivity index (χ4n) is 2.46. The number of amides is 2. The highest BCUT2D eigenvalue weighted by Crippen LogP contribution is 2.28. The van der Waals surface area contributed by atoms with Gasteiger partial charge in [0.1, 0.15) is 0 Å². The number of ether oxygens (including phenoxy) is 2. The molecular formula is C13H16N2O8. The van der Waals surface area contributed by atoms with E-state index in [2.05, 4.69) is 14.5 Å². The second kappa shape index (κ2) is 6.13. The van der Waals surface area contributed by atoms with E-state index in [0.29, 0.717) is 13.1 Å². The molecule has 3 saturated heterocycles.